The molecule has 0 aromatic rings. The van der Waals surface area contributed by atoms with Crippen molar-refractivity contribution in [2.24, 2.45) is 0 Å². The fourth-order valence-electron chi connectivity index (χ4n) is 3.31. The molecule has 0 saturated carbocycles. The van der Waals surface area contributed by atoms with E-state index >= 15 is 0 Å². The van der Waals surface area contributed by atoms with Gasteiger partial charge in [0.1, 0.15) is 6.10 Å². The standard InChI is InChI=1S/C25H43NO2/c1-5-6-7-8-9-10-11-12-13-14-15-16-17-18-19-20-24(23(4)21-26)28-25(27)22(2)3/h24H,2,4-20H2,1,3H3. The summed E-state index contributed by atoms with van der Waals surface area (Å²) in [6.07, 6.45) is 19.9. The molecule has 0 aromatic carbocycles. The third kappa shape index (κ3) is 15.5. The molecule has 0 aromatic heterocycles. The molecule has 0 rings (SSSR count). The molecule has 0 amide bonds. The molecule has 0 N–H and O–H groups in total. The summed E-state index contributed by atoms with van der Waals surface area (Å²) in [7, 11) is 0. The number of rotatable bonds is 19. The van der Waals surface area contributed by atoms with Gasteiger partial charge in [0.2, 0.25) is 0 Å². The number of nitriles is 1. The van der Waals surface area contributed by atoms with Gasteiger partial charge in [-0.15, -0.1) is 0 Å². The lowest BCUT2D eigenvalue weighted by Crippen LogP contribution is -2.20. The maximum absolute atomic E-state index is 11.7. The van der Waals surface area contributed by atoms with Crippen LogP contribution in [0.25, 0.3) is 0 Å². The molecule has 3 nitrogen and oxygen atoms in total. The van der Waals surface area contributed by atoms with Gasteiger partial charge in [0.15, 0.2) is 0 Å². The summed E-state index contributed by atoms with van der Waals surface area (Å²) >= 11 is 0. The minimum atomic E-state index is -0.504. The summed E-state index contributed by atoms with van der Waals surface area (Å²) in [6.45, 7) is 11.2. The maximum atomic E-state index is 11.7. The average molecular weight is 390 g/mol. The Morgan fingerprint density at radius 1 is 0.821 bits per heavy atom. The topological polar surface area (TPSA) is 50.1 Å². The highest BCUT2D eigenvalue weighted by atomic mass is 16.5. The summed E-state index contributed by atoms with van der Waals surface area (Å²) in [4.78, 5) is 11.7. The first-order chi connectivity index (χ1) is 13.5. The summed E-state index contributed by atoms with van der Waals surface area (Å²) in [5.41, 5.74) is 0.673. The Bertz CT molecular complexity index is 475. The molecule has 1 unspecified atom stereocenters. The number of carbonyl (C=O) groups is 1. The molecule has 28 heavy (non-hydrogen) atoms. The van der Waals surface area contributed by atoms with E-state index in [0.29, 0.717) is 17.6 Å². The third-order valence-electron chi connectivity index (χ3n) is 5.20. The van der Waals surface area contributed by atoms with Crippen molar-refractivity contribution >= 4 is 5.97 Å². The number of unbranched alkanes of at least 4 members (excludes halogenated alkanes) is 14. The zero-order chi connectivity index (χ0) is 21.0. The van der Waals surface area contributed by atoms with Crippen LogP contribution in [0, 0.1) is 11.3 Å². The Morgan fingerprint density at radius 3 is 1.57 bits per heavy atom. The van der Waals surface area contributed by atoms with Crippen molar-refractivity contribution in [1.82, 2.24) is 0 Å². The smallest absolute Gasteiger partial charge is 0.333 e. The van der Waals surface area contributed by atoms with E-state index in [9.17, 15) is 4.79 Å². The zero-order valence-corrected chi connectivity index (χ0v) is 18.6. The number of esters is 1. The van der Waals surface area contributed by atoms with E-state index in [4.69, 9.17) is 10.00 Å². The van der Waals surface area contributed by atoms with E-state index < -0.39 is 12.1 Å². The van der Waals surface area contributed by atoms with Crippen LogP contribution >= 0.6 is 0 Å². The molecule has 3 heteroatoms. The van der Waals surface area contributed by atoms with Crippen molar-refractivity contribution in [3.8, 4) is 6.07 Å². The number of hydrogen-bond acceptors (Lipinski definition) is 3. The van der Waals surface area contributed by atoms with Crippen LogP contribution in [-0.2, 0) is 9.53 Å². The highest BCUT2D eigenvalue weighted by Crippen LogP contribution is 2.17. The Hall–Kier alpha value is -1.56. The zero-order valence-electron chi connectivity index (χ0n) is 18.6. The molecule has 0 heterocycles. The van der Waals surface area contributed by atoms with Gasteiger partial charge in [0, 0.05) is 5.57 Å². The minimum absolute atomic E-state index is 0.319. The molecular weight excluding hydrogens is 346 g/mol. The molecule has 160 valence electrons. The van der Waals surface area contributed by atoms with E-state index in [0.717, 1.165) is 12.8 Å². The normalized spacial score (nSPS) is 11.6. The molecule has 0 aliphatic rings. The Kier molecular flexibility index (Phi) is 17.7. The van der Waals surface area contributed by atoms with Gasteiger partial charge in [-0.3, -0.25) is 0 Å². The van der Waals surface area contributed by atoms with E-state index in [2.05, 4.69) is 20.1 Å². The second-order valence-corrected chi connectivity index (χ2v) is 8.05. The van der Waals surface area contributed by atoms with E-state index in [1.54, 1.807) is 6.92 Å². The van der Waals surface area contributed by atoms with E-state index in [1.165, 1.54) is 83.5 Å². The minimum Gasteiger partial charge on any atom is -0.453 e. The molecule has 0 fully saturated rings. The Morgan fingerprint density at radius 2 is 1.21 bits per heavy atom. The fourth-order valence-corrected chi connectivity index (χ4v) is 3.31. The first-order valence-electron chi connectivity index (χ1n) is 11.5. The van der Waals surface area contributed by atoms with Crippen molar-refractivity contribution in [3.63, 3.8) is 0 Å². The van der Waals surface area contributed by atoms with Crippen molar-refractivity contribution in [3.05, 3.63) is 24.3 Å². The molecule has 0 spiro atoms. The van der Waals surface area contributed by atoms with Gasteiger partial charge in [-0.25, -0.2) is 4.79 Å². The molecule has 1 atom stereocenters. The number of nitrogens with zero attached hydrogens (tertiary/aromatic N) is 1. The first-order valence-corrected chi connectivity index (χ1v) is 11.5. The SMILES string of the molecule is C=C(C)C(=O)OC(CCCCCCCCCCCCCCCCC)C(=C)C#N. The van der Waals surface area contributed by atoms with Crippen LogP contribution in [0.15, 0.2) is 24.3 Å². The maximum Gasteiger partial charge on any atom is 0.333 e. The number of hydrogen-bond donors (Lipinski definition) is 0. The summed E-state index contributed by atoms with van der Waals surface area (Å²) < 4.78 is 5.32. The molecular formula is C25H43NO2. The quantitative estimate of drug-likeness (QED) is 0.0979. The van der Waals surface area contributed by atoms with Gasteiger partial charge < -0.3 is 4.74 Å². The predicted molar refractivity (Wildman–Crippen MR) is 119 cm³/mol. The third-order valence-corrected chi connectivity index (χ3v) is 5.20. The molecule has 0 saturated heterocycles. The highest BCUT2D eigenvalue weighted by molar-refractivity contribution is 5.87. The van der Waals surface area contributed by atoms with Crippen molar-refractivity contribution in [2.75, 3.05) is 0 Å². The first kappa shape index (κ1) is 26.4. The summed E-state index contributed by atoms with van der Waals surface area (Å²) in [6, 6.07) is 2.01. The number of carbonyl (C=O) groups excluding carboxylic acids is 1. The number of ether oxygens (including phenoxy) is 1. The van der Waals surface area contributed by atoms with Crippen LogP contribution in [0.1, 0.15) is 117 Å². The van der Waals surface area contributed by atoms with Gasteiger partial charge in [0.05, 0.1) is 11.6 Å². The lowest BCUT2D eigenvalue weighted by molar-refractivity contribution is -0.142. The van der Waals surface area contributed by atoms with E-state index in [-0.39, 0.29) is 0 Å². The fraction of sp³-hybridized carbons (Fsp3) is 0.760. The average Bonchev–Trinajstić information content (AvgIpc) is 2.69. The molecule has 0 bridgehead atoms. The predicted octanol–water partition coefficient (Wildman–Crippen LogP) is 7.82. The lowest BCUT2D eigenvalue weighted by atomic mass is 10.0. The van der Waals surface area contributed by atoms with Crippen LogP contribution in [-0.4, -0.2) is 12.1 Å². The van der Waals surface area contributed by atoms with Crippen LogP contribution in [0.2, 0.25) is 0 Å². The lowest BCUT2D eigenvalue weighted by Gasteiger charge is -2.16. The van der Waals surface area contributed by atoms with Crippen molar-refractivity contribution < 1.29 is 9.53 Å². The van der Waals surface area contributed by atoms with Gasteiger partial charge in [-0.1, -0.05) is 110 Å². The van der Waals surface area contributed by atoms with Crippen molar-refractivity contribution in [1.29, 1.82) is 5.26 Å². The largest absolute Gasteiger partial charge is 0.453 e. The molecule has 0 aliphatic heterocycles. The Labute approximate surface area is 174 Å². The van der Waals surface area contributed by atoms with Crippen LogP contribution < -0.4 is 0 Å². The van der Waals surface area contributed by atoms with Crippen LogP contribution in [0.3, 0.4) is 0 Å². The van der Waals surface area contributed by atoms with Gasteiger partial charge in [-0.2, -0.15) is 5.26 Å². The van der Waals surface area contributed by atoms with Gasteiger partial charge in [-0.05, 0) is 19.8 Å². The molecule has 0 aliphatic carbocycles. The van der Waals surface area contributed by atoms with Crippen molar-refractivity contribution in [2.45, 2.75) is 123 Å². The second-order valence-electron chi connectivity index (χ2n) is 8.05. The second kappa shape index (κ2) is 18.8. The summed E-state index contributed by atoms with van der Waals surface area (Å²) in [5, 5.41) is 9.02. The van der Waals surface area contributed by atoms with Crippen LogP contribution in [0.4, 0.5) is 0 Å². The van der Waals surface area contributed by atoms with Gasteiger partial charge in [0.25, 0.3) is 0 Å². The van der Waals surface area contributed by atoms with Crippen LogP contribution in [0.5, 0.6) is 0 Å². The van der Waals surface area contributed by atoms with Gasteiger partial charge >= 0.3 is 5.97 Å². The molecule has 0 radical (unpaired) electrons. The highest BCUT2D eigenvalue weighted by Gasteiger charge is 2.17. The monoisotopic (exact) mass is 389 g/mol. The van der Waals surface area contributed by atoms with E-state index in [1.807, 2.05) is 6.07 Å². The Balaban J connectivity index is 3.56. The summed E-state index contributed by atoms with van der Waals surface area (Å²) in [5.74, 6) is -0.442.